The van der Waals surface area contributed by atoms with E-state index in [0.29, 0.717) is 27.9 Å². The van der Waals surface area contributed by atoms with Gasteiger partial charge in [0.1, 0.15) is 18.1 Å². The molecule has 1 aromatic heterocycles. The summed E-state index contributed by atoms with van der Waals surface area (Å²) in [6.07, 6.45) is 3.71. The van der Waals surface area contributed by atoms with Crippen LogP contribution in [0.25, 0.3) is 5.76 Å². The van der Waals surface area contributed by atoms with Crippen LogP contribution < -0.4 is 0 Å². The average molecular weight is 423 g/mol. The van der Waals surface area contributed by atoms with Gasteiger partial charge in [-0.05, 0) is 28.8 Å². The zero-order valence-electron chi connectivity index (χ0n) is 18.5. The van der Waals surface area contributed by atoms with Crippen LogP contribution in [0.3, 0.4) is 0 Å². The fourth-order valence-electron chi connectivity index (χ4n) is 4.80. The maximum atomic E-state index is 11.4. The molecule has 0 saturated carbocycles. The van der Waals surface area contributed by atoms with Crippen LogP contribution in [-0.4, -0.2) is 42.1 Å². The number of nitro groups is 1. The molecule has 2 rings (SSSR count). The standard InChI is InChI=1S/C21H34N2O5Si/c1-13(2)29(14(3)4,15(5)6)28-21-16(7)10-19(27-20(21)12-24)17-8-9-22-11-18(17)23(25)26/h8-11,13-16,20-21,24H,12H2,1-7H3/t16-,20-,21+/m1/s1. The molecule has 0 amide bonds. The lowest BCUT2D eigenvalue weighted by Gasteiger charge is -2.48. The first-order valence-electron chi connectivity index (χ1n) is 10.3. The molecule has 1 N–H and O–H groups in total. The third-order valence-electron chi connectivity index (χ3n) is 6.07. The van der Waals surface area contributed by atoms with Crippen LogP contribution in [0, 0.1) is 16.0 Å². The molecule has 3 atom stereocenters. The van der Waals surface area contributed by atoms with Crippen molar-refractivity contribution < 1.29 is 19.2 Å². The summed E-state index contributed by atoms with van der Waals surface area (Å²) >= 11 is 0. The smallest absolute Gasteiger partial charge is 0.298 e. The molecular weight excluding hydrogens is 388 g/mol. The van der Waals surface area contributed by atoms with Crippen molar-refractivity contribution in [2.24, 2.45) is 5.92 Å². The van der Waals surface area contributed by atoms with Crippen molar-refractivity contribution >= 4 is 19.8 Å². The van der Waals surface area contributed by atoms with E-state index < -0.39 is 19.3 Å². The van der Waals surface area contributed by atoms with Gasteiger partial charge in [0.05, 0.1) is 23.2 Å². The van der Waals surface area contributed by atoms with Gasteiger partial charge in [-0.25, -0.2) is 0 Å². The fraction of sp³-hybridized carbons (Fsp3) is 0.667. The Labute approximate surface area is 174 Å². The molecule has 0 bridgehead atoms. The van der Waals surface area contributed by atoms with E-state index in [-0.39, 0.29) is 24.3 Å². The highest BCUT2D eigenvalue weighted by Crippen LogP contribution is 2.45. The Kier molecular flexibility index (Phi) is 7.59. The first-order valence-corrected chi connectivity index (χ1v) is 12.5. The molecule has 29 heavy (non-hydrogen) atoms. The van der Waals surface area contributed by atoms with Crippen LogP contribution in [0.5, 0.6) is 0 Å². The van der Waals surface area contributed by atoms with E-state index in [2.05, 4.69) is 46.5 Å². The van der Waals surface area contributed by atoms with Crippen LogP contribution in [-0.2, 0) is 9.16 Å². The lowest BCUT2D eigenvalue weighted by Crippen LogP contribution is -2.55. The molecule has 2 heterocycles. The monoisotopic (exact) mass is 422 g/mol. The largest absolute Gasteiger partial charge is 0.485 e. The fourth-order valence-corrected chi connectivity index (χ4v) is 10.5. The van der Waals surface area contributed by atoms with Gasteiger partial charge in [0.25, 0.3) is 5.69 Å². The molecule has 0 radical (unpaired) electrons. The van der Waals surface area contributed by atoms with E-state index in [1.807, 2.05) is 13.0 Å². The Bertz CT molecular complexity index is 729. The summed E-state index contributed by atoms with van der Waals surface area (Å²) in [5, 5.41) is 21.5. The van der Waals surface area contributed by atoms with Crippen LogP contribution in [0.1, 0.15) is 54.0 Å². The molecule has 8 heteroatoms. The summed E-state index contributed by atoms with van der Waals surface area (Å²) in [6, 6.07) is 1.57. The summed E-state index contributed by atoms with van der Waals surface area (Å²) < 4.78 is 13.0. The quantitative estimate of drug-likeness (QED) is 0.363. The Balaban J connectivity index is 2.44. The average Bonchev–Trinajstić information content (AvgIpc) is 2.65. The SMILES string of the molecule is CC(C)[Si](O[C@H]1[C@H](C)C=C(c2ccncc2[N+](=O)[O-])O[C@@H]1CO)(C(C)C)C(C)C. The van der Waals surface area contributed by atoms with Crippen molar-refractivity contribution in [1.82, 2.24) is 4.98 Å². The molecule has 0 unspecified atom stereocenters. The minimum Gasteiger partial charge on any atom is -0.485 e. The van der Waals surface area contributed by atoms with E-state index in [1.165, 1.54) is 12.4 Å². The van der Waals surface area contributed by atoms with Crippen molar-refractivity contribution in [2.45, 2.75) is 77.3 Å². The number of pyridine rings is 1. The minimum atomic E-state index is -2.18. The first kappa shape index (κ1) is 23.5. The Morgan fingerprint density at radius 1 is 1.24 bits per heavy atom. The maximum absolute atomic E-state index is 11.4. The number of aliphatic hydroxyl groups is 1. The summed E-state index contributed by atoms with van der Waals surface area (Å²) in [5.41, 5.74) is 1.47. The zero-order chi connectivity index (χ0) is 21.9. The van der Waals surface area contributed by atoms with Gasteiger partial charge in [0.15, 0.2) is 0 Å². The maximum Gasteiger partial charge on any atom is 0.298 e. The third kappa shape index (κ3) is 4.54. The second kappa shape index (κ2) is 9.36. The summed E-state index contributed by atoms with van der Waals surface area (Å²) in [6.45, 7) is 15.1. The number of nitrogens with zero attached hydrogens (tertiary/aromatic N) is 2. The molecule has 0 aromatic carbocycles. The molecule has 0 spiro atoms. The highest BCUT2D eigenvalue weighted by Gasteiger charge is 2.49. The highest BCUT2D eigenvalue weighted by molar-refractivity contribution is 6.77. The molecule has 7 nitrogen and oxygen atoms in total. The minimum absolute atomic E-state index is 0.0632. The second-order valence-corrected chi connectivity index (χ2v) is 14.2. The molecule has 162 valence electrons. The molecule has 1 aliphatic heterocycles. The topological polar surface area (TPSA) is 94.7 Å². The van der Waals surface area contributed by atoms with Crippen LogP contribution in [0.15, 0.2) is 24.5 Å². The molecule has 0 fully saturated rings. The Morgan fingerprint density at radius 3 is 2.31 bits per heavy atom. The van der Waals surface area contributed by atoms with E-state index in [9.17, 15) is 15.2 Å². The van der Waals surface area contributed by atoms with Crippen molar-refractivity contribution in [3.8, 4) is 0 Å². The number of hydrogen-bond acceptors (Lipinski definition) is 6. The number of hydrogen-bond donors (Lipinski definition) is 1. The normalized spacial score (nSPS) is 22.7. The second-order valence-electron chi connectivity index (χ2n) is 8.78. The van der Waals surface area contributed by atoms with E-state index >= 15 is 0 Å². The Morgan fingerprint density at radius 2 is 1.83 bits per heavy atom. The number of aromatic nitrogens is 1. The lowest BCUT2D eigenvalue weighted by atomic mass is 9.95. The van der Waals surface area contributed by atoms with Crippen LogP contribution in [0.4, 0.5) is 5.69 Å². The highest BCUT2D eigenvalue weighted by atomic mass is 28.4. The van der Waals surface area contributed by atoms with Crippen LogP contribution >= 0.6 is 0 Å². The molecule has 0 saturated heterocycles. The molecule has 0 aliphatic carbocycles. The molecule has 1 aliphatic rings. The van der Waals surface area contributed by atoms with Gasteiger partial charge in [-0.1, -0.05) is 48.5 Å². The van der Waals surface area contributed by atoms with Gasteiger partial charge < -0.3 is 14.3 Å². The molecular formula is C21H34N2O5Si. The van der Waals surface area contributed by atoms with Gasteiger partial charge >= 0.3 is 0 Å². The lowest BCUT2D eigenvalue weighted by molar-refractivity contribution is -0.385. The number of aliphatic hydroxyl groups excluding tert-OH is 1. The van der Waals surface area contributed by atoms with Crippen molar-refractivity contribution in [1.29, 1.82) is 0 Å². The summed E-state index contributed by atoms with van der Waals surface area (Å²) in [7, 11) is -2.18. The predicted molar refractivity (Wildman–Crippen MR) is 116 cm³/mol. The van der Waals surface area contributed by atoms with Crippen molar-refractivity contribution in [3.05, 3.63) is 40.2 Å². The summed E-state index contributed by atoms with van der Waals surface area (Å²) in [5.74, 6) is 0.336. The van der Waals surface area contributed by atoms with E-state index in [4.69, 9.17) is 9.16 Å². The van der Waals surface area contributed by atoms with Gasteiger partial charge in [-0.2, -0.15) is 0 Å². The van der Waals surface area contributed by atoms with Crippen molar-refractivity contribution in [3.63, 3.8) is 0 Å². The summed E-state index contributed by atoms with van der Waals surface area (Å²) in [4.78, 5) is 14.8. The predicted octanol–water partition coefficient (Wildman–Crippen LogP) is 4.92. The van der Waals surface area contributed by atoms with Crippen molar-refractivity contribution in [2.75, 3.05) is 6.61 Å². The van der Waals surface area contributed by atoms with Gasteiger partial charge in [-0.15, -0.1) is 0 Å². The third-order valence-corrected chi connectivity index (χ3v) is 12.2. The molecule has 1 aromatic rings. The van der Waals surface area contributed by atoms with Gasteiger partial charge in [0.2, 0.25) is 8.32 Å². The van der Waals surface area contributed by atoms with E-state index in [1.54, 1.807) is 6.07 Å². The zero-order valence-corrected chi connectivity index (χ0v) is 19.5. The first-order chi connectivity index (χ1) is 13.6. The van der Waals surface area contributed by atoms with E-state index in [0.717, 1.165) is 0 Å². The van der Waals surface area contributed by atoms with Crippen LogP contribution in [0.2, 0.25) is 16.6 Å². The number of ether oxygens (including phenoxy) is 1. The Hall–Kier alpha value is -1.77. The number of rotatable bonds is 8. The van der Waals surface area contributed by atoms with Gasteiger partial charge in [0, 0.05) is 12.1 Å². The van der Waals surface area contributed by atoms with Gasteiger partial charge in [-0.3, -0.25) is 15.1 Å².